The van der Waals surface area contributed by atoms with Crippen LogP contribution in [0.5, 0.6) is 0 Å². The molecule has 0 bridgehead atoms. The molecule has 1 saturated heterocycles. The van der Waals surface area contributed by atoms with Crippen molar-refractivity contribution < 1.29 is 34.3 Å². The first kappa shape index (κ1) is 18.8. The van der Waals surface area contributed by atoms with E-state index >= 15 is 0 Å². The summed E-state index contributed by atoms with van der Waals surface area (Å²) in [7, 11) is 1.34. The second-order valence-electron chi connectivity index (χ2n) is 5.51. The van der Waals surface area contributed by atoms with E-state index in [1.807, 2.05) is 30.3 Å². The smallest absolute Gasteiger partial charge is 0.246 e. The van der Waals surface area contributed by atoms with Crippen LogP contribution in [0.3, 0.4) is 0 Å². The molecule has 0 spiro atoms. The quantitative estimate of drug-likeness (QED) is 0.491. The first-order valence-electron chi connectivity index (χ1n) is 7.63. The van der Waals surface area contributed by atoms with Gasteiger partial charge in [-0.3, -0.25) is 4.79 Å². The number of hydrogen-bond acceptors (Lipinski definition) is 7. The second kappa shape index (κ2) is 9.07. The zero-order valence-electron chi connectivity index (χ0n) is 13.4. The fourth-order valence-corrected chi connectivity index (χ4v) is 2.50. The van der Waals surface area contributed by atoms with Gasteiger partial charge in [-0.2, -0.15) is 0 Å². The van der Waals surface area contributed by atoms with E-state index in [0.29, 0.717) is 0 Å². The highest BCUT2D eigenvalue weighted by molar-refractivity contribution is 5.77. The van der Waals surface area contributed by atoms with E-state index < -0.39 is 43.2 Å². The third kappa shape index (κ3) is 4.73. The van der Waals surface area contributed by atoms with Gasteiger partial charge in [-0.1, -0.05) is 30.3 Å². The second-order valence-corrected chi connectivity index (χ2v) is 5.51. The van der Waals surface area contributed by atoms with Crippen molar-refractivity contribution in [2.45, 2.75) is 37.3 Å². The molecule has 1 aliphatic rings. The van der Waals surface area contributed by atoms with Gasteiger partial charge < -0.3 is 34.8 Å². The van der Waals surface area contributed by atoms with Crippen molar-refractivity contribution in [3.05, 3.63) is 35.9 Å². The Bertz CT molecular complexity index is 510. The lowest BCUT2D eigenvalue weighted by Gasteiger charge is -2.41. The Kier molecular flexibility index (Phi) is 7.10. The highest BCUT2D eigenvalue weighted by Gasteiger charge is 2.45. The van der Waals surface area contributed by atoms with E-state index in [1.165, 1.54) is 7.11 Å². The molecular weight excluding hydrogens is 318 g/mol. The molecule has 1 fully saturated rings. The molecule has 0 aliphatic carbocycles. The summed E-state index contributed by atoms with van der Waals surface area (Å²) >= 11 is 0. The van der Waals surface area contributed by atoms with E-state index in [0.717, 1.165) is 5.56 Å². The summed E-state index contributed by atoms with van der Waals surface area (Å²) < 4.78 is 15.7. The topological polar surface area (TPSA) is 117 Å². The molecule has 0 radical (unpaired) electrons. The van der Waals surface area contributed by atoms with Gasteiger partial charge in [-0.25, -0.2) is 0 Å². The van der Waals surface area contributed by atoms with E-state index in [1.54, 1.807) is 0 Å². The molecule has 0 saturated carbocycles. The summed E-state index contributed by atoms with van der Waals surface area (Å²) in [6.45, 7) is -0.409. The molecule has 1 heterocycles. The Morgan fingerprint density at radius 3 is 2.58 bits per heavy atom. The number of benzene rings is 1. The maximum Gasteiger partial charge on any atom is 0.246 e. The Hall–Kier alpha value is -1.55. The molecule has 1 aliphatic heterocycles. The summed E-state index contributed by atoms with van der Waals surface area (Å²) in [5.41, 5.74) is 0.933. The number of carbonyl (C=O) groups excluding carboxylic acids is 1. The molecule has 1 aromatic rings. The molecule has 0 unspecified atom stereocenters. The Morgan fingerprint density at radius 2 is 1.96 bits per heavy atom. The molecule has 1 amide bonds. The first-order valence-corrected chi connectivity index (χ1v) is 7.63. The van der Waals surface area contributed by atoms with Crippen molar-refractivity contribution in [2.24, 2.45) is 0 Å². The van der Waals surface area contributed by atoms with Crippen molar-refractivity contribution in [3.63, 3.8) is 0 Å². The molecule has 134 valence electrons. The fraction of sp³-hybridized carbons (Fsp3) is 0.562. The number of aliphatic hydroxyl groups is 3. The van der Waals surface area contributed by atoms with Crippen LogP contribution in [0.15, 0.2) is 30.3 Å². The number of carbonyl (C=O) groups is 1. The normalized spacial score (nSPS) is 30.1. The Labute approximate surface area is 140 Å². The van der Waals surface area contributed by atoms with Gasteiger partial charge >= 0.3 is 0 Å². The largest absolute Gasteiger partial charge is 0.394 e. The number of nitrogens with one attached hydrogen (secondary N) is 1. The molecule has 5 atom stereocenters. The summed E-state index contributed by atoms with van der Waals surface area (Å²) in [6.07, 6.45) is -4.64. The van der Waals surface area contributed by atoms with Crippen molar-refractivity contribution in [1.29, 1.82) is 0 Å². The van der Waals surface area contributed by atoms with Crippen LogP contribution in [0.1, 0.15) is 5.56 Å². The van der Waals surface area contributed by atoms with Gasteiger partial charge in [0.05, 0.1) is 13.2 Å². The number of rotatable bonds is 7. The van der Waals surface area contributed by atoms with Crippen molar-refractivity contribution in [3.8, 4) is 0 Å². The van der Waals surface area contributed by atoms with Crippen molar-refractivity contribution in [1.82, 2.24) is 5.32 Å². The number of ether oxygens (including phenoxy) is 3. The van der Waals surface area contributed by atoms with E-state index in [2.05, 4.69) is 5.32 Å². The van der Waals surface area contributed by atoms with Crippen molar-refractivity contribution in [2.75, 3.05) is 20.3 Å². The molecular formula is C16H23NO7. The third-order valence-electron chi connectivity index (χ3n) is 3.79. The van der Waals surface area contributed by atoms with Crippen LogP contribution in [-0.4, -0.2) is 72.2 Å². The SMILES string of the molecule is CO[C@@H]1O[C@H](CO)[C@@H](O)[C@H](O)[C@H]1NC(=O)COCc1ccccc1. The van der Waals surface area contributed by atoms with Crippen LogP contribution in [0.4, 0.5) is 0 Å². The standard InChI is InChI=1S/C16H23NO7/c1-22-16-13(15(21)14(20)11(7-18)24-16)17-12(19)9-23-8-10-5-3-2-4-6-10/h2-6,11,13-16,18,20-21H,7-9H2,1H3,(H,17,19)/t11-,13-,14-,15-,16-/m1/s1. The number of hydrogen-bond donors (Lipinski definition) is 4. The zero-order chi connectivity index (χ0) is 17.5. The monoisotopic (exact) mass is 341 g/mol. The molecule has 0 aromatic heterocycles. The first-order chi connectivity index (χ1) is 11.6. The molecule has 4 N–H and O–H groups in total. The lowest BCUT2D eigenvalue weighted by molar-refractivity contribution is -0.262. The molecule has 1 aromatic carbocycles. The van der Waals surface area contributed by atoms with Gasteiger partial charge in [0.25, 0.3) is 0 Å². The van der Waals surface area contributed by atoms with Crippen LogP contribution >= 0.6 is 0 Å². The predicted molar refractivity (Wildman–Crippen MR) is 82.8 cm³/mol. The van der Waals surface area contributed by atoms with Gasteiger partial charge in [0, 0.05) is 7.11 Å². The summed E-state index contributed by atoms with van der Waals surface area (Å²) in [6, 6.07) is 8.41. The van der Waals surface area contributed by atoms with E-state index in [9.17, 15) is 15.0 Å². The maximum atomic E-state index is 12.0. The molecule has 8 heteroatoms. The lowest BCUT2D eigenvalue weighted by atomic mass is 9.97. The number of aliphatic hydroxyl groups excluding tert-OH is 3. The summed E-state index contributed by atoms with van der Waals surface area (Å²) in [5, 5.41) is 31.7. The van der Waals surface area contributed by atoms with Gasteiger partial charge in [-0.05, 0) is 5.56 Å². The maximum absolute atomic E-state index is 12.0. The van der Waals surface area contributed by atoms with Crippen LogP contribution in [-0.2, 0) is 25.6 Å². The van der Waals surface area contributed by atoms with E-state index in [-0.39, 0.29) is 13.2 Å². The fourth-order valence-electron chi connectivity index (χ4n) is 2.50. The van der Waals surface area contributed by atoms with Gasteiger partial charge in [0.15, 0.2) is 6.29 Å². The highest BCUT2D eigenvalue weighted by Crippen LogP contribution is 2.21. The zero-order valence-corrected chi connectivity index (χ0v) is 13.4. The average molecular weight is 341 g/mol. The molecule has 8 nitrogen and oxygen atoms in total. The summed E-state index contributed by atoms with van der Waals surface area (Å²) in [4.78, 5) is 12.0. The minimum Gasteiger partial charge on any atom is -0.394 e. The van der Waals surface area contributed by atoms with E-state index in [4.69, 9.17) is 19.3 Å². The minimum absolute atomic E-state index is 0.214. The molecule has 2 rings (SSSR count). The predicted octanol–water partition coefficient (Wildman–Crippen LogP) is -1.23. The Morgan fingerprint density at radius 1 is 1.25 bits per heavy atom. The third-order valence-corrected chi connectivity index (χ3v) is 3.79. The van der Waals surface area contributed by atoms with Crippen LogP contribution < -0.4 is 5.32 Å². The van der Waals surface area contributed by atoms with Crippen LogP contribution in [0.2, 0.25) is 0 Å². The van der Waals surface area contributed by atoms with Gasteiger partial charge in [-0.15, -0.1) is 0 Å². The van der Waals surface area contributed by atoms with Gasteiger partial charge in [0.1, 0.15) is 31.0 Å². The summed E-state index contributed by atoms with van der Waals surface area (Å²) in [5.74, 6) is -0.477. The Balaban J connectivity index is 1.85. The molecule has 24 heavy (non-hydrogen) atoms. The van der Waals surface area contributed by atoms with Crippen molar-refractivity contribution >= 4 is 5.91 Å². The lowest BCUT2D eigenvalue weighted by Crippen LogP contribution is -2.64. The average Bonchev–Trinajstić information content (AvgIpc) is 2.60. The van der Waals surface area contributed by atoms with Crippen LogP contribution in [0, 0.1) is 0 Å². The van der Waals surface area contributed by atoms with Gasteiger partial charge in [0.2, 0.25) is 5.91 Å². The highest BCUT2D eigenvalue weighted by atomic mass is 16.7. The van der Waals surface area contributed by atoms with Crippen LogP contribution in [0.25, 0.3) is 0 Å². The number of amides is 1. The minimum atomic E-state index is -1.34. The number of methoxy groups -OCH3 is 1.